The number of aromatic amines is 2. The first-order valence-corrected chi connectivity index (χ1v) is 51.5. The zero-order chi connectivity index (χ0) is 107. The minimum atomic E-state index is -2.15. The molecular formula is C99H138N22O24S2. The predicted octanol–water partition coefficient (Wildman–Crippen LogP) is -2.24. The van der Waals surface area contributed by atoms with E-state index >= 15 is 47.9 Å². The number of H-pyrrole nitrogens is 2. The van der Waals surface area contributed by atoms with Gasteiger partial charge in [0.2, 0.25) is 88.6 Å². The molecule has 10 rings (SSSR count). The van der Waals surface area contributed by atoms with Crippen molar-refractivity contribution < 1.29 is 117 Å². The summed E-state index contributed by atoms with van der Waals surface area (Å²) in [5.74, 6) is -21.1. The maximum Gasteiger partial charge on any atom is 0.317 e. The molecule has 13 unspecified atom stereocenters. The van der Waals surface area contributed by atoms with Crippen molar-refractivity contribution in [2.24, 2.45) is 22.8 Å². The zero-order valence-electron chi connectivity index (χ0n) is 83.4. The second-order valence-electron chi connectivity index (χ2n) is 39.0. The summed E-state index contributed by atoms with van der Waals surface area (Å²) >= 11 is 1.89. The zero-order valence-corrected chi connectivity index (χ0v) is 85.0. The van der Waals surface area contributed by atoms with Crippen LogP contribution in [0.3, 0.4) is 0 Å². The number of aromatic nitrogens is 2. The van der Waals surface area contributed by atoms with Crippen molar-refractivity contribution in [2.75, 3.05) is 128 Å². The summed E-state index contributed by atoms with van der Waals surface area (Å²) < 4.78 is 0. The van der Waals surface area contributed by atoms with Gasteiger partial charge in [0.1, 0.15) is 72.5 Å². The fourth-order valence-corrected chi connectivity index (χ4v) is 20.6. The third kappa shape index (κ3) is 36.3. The Kier molecular flexibility index (Phi) is 44.0. The summed E-state index contributed by atoms with van der Waals surface area (Å²) in [6.45, 7) is 7.84. The van der Waals surface area contributed by atoms with E-state index in [0.717, 1.165) is 44.7 Å². The maximum absolute atomic E-state index is 15.8. The highest BCUT2D eigenvalue weighted by Crippen LogP contribution is 2.29. The summed E-state index contributed by atoms with van der Waals surface area (Å²) in [5.41, 5.74) is 13.9. The average Bonchev–Trinajstić information content (AvgIpc) is 1.70. The lowest BCUT2D eigenvalue weighted by molar-refractivity contribution is -0.146. The number of unbranched alkanes of at least 4 members (excludes halogenated alkanes) is 1. The Morgan fingerprint density at radius 3 is 1.61 bits per heavy atom. The van der Waals surface area contributed by atoms with Gasteiger partial charge in [0, 0.05) is 149 Å². The van der Waals surface area contributed by atoms with Crippen LogP contribution in [0.5, 0.6) is 0 Å². The van der Waals surface area contributed by atoms with E-state index in [1.54, 1.807) is 126 Å². The van der Waals surface area contributed by atoms with Crippen molar-refractivity contribution >= 4 is 169 Å². The first kappa shape index (κ1) is 116. The highest BCUT2D eigenvalue weighted by Gasteiger charge is 2.44. The summed E-state index contributed by atoms with van der Waals surface area (Å²) in [4.78, 5) is 287. The number of aliphatic carboxylic acids is 4. The number of likely N-dealkylation sites (N-methyl/N-ethyl adjacent to an activating group) is 1. The van der Waals surface area contributed by atoms with Gasteiger partial charge in [-0.2, -0.15) is 0 Å². The van der Waals surface area contributed by atoms with Gasteiger partial charge in [0.05, 0.1) is 45.1 Å². The molecule has 0 saturated carbocycles. The Morgan fingerprint density at radius 2 is 1.05 bits per heavy atom. The molecule has 6 heterocycles. The standard InChI is InChI=1S/C99H138N22O24S2/c1-57(122)86(115-93(140)72(106-58(2)123)43-63-48-104-67-20-11-9-18-65(63)67)98(145)116(6)79(47-99(3,4)5)96(143)114-77-55-147-56-146-54-76(95(142)112-75(97(144)121-31-15-23-78(121)87(101)134)44-64-49-105-68-21-12-10-19-66(64)68)113-92(139)74(46-82(126)127)111-88(135)69(22-13-14-28-103-81(125)50-117-32-34-118(51-83(128)129)36-38-120(53-85(132)133)39-37-119(35-33-117)52-84(130)131)107-89(136)71(42-60-24-25-61-16-7-8-17-62(61)40-60)108-91(138)73(45-80(100)124)110-90(137)70(109-94(77)141)41-59-26-29-102-30-27-59/h7-12,16-21,24-25,40,48-49,57,59,69-79,86,102,104-105,122H,13-15,22-23,26-39,41-47,50-56H2,1-6H3,(H2,100,124)(H2,101,134)(H,103,125)(H,106,123)(H,107,136)(H,108,138)(H,109,141)(H,110,137)(H,111,135)(H,112,142)(H,113,139)(H,114,143)(H,115,140)(H,126,127)(H,128,129)(H,130,131)(H,132,133). The van der Waals surface area contributed by atoms with E-state index in [1.807, 2.05) is 18.2 Å². The number of nitrogens with zero attached hydrogens (tertiary/aromatic N) is 6. The number of primary amides is 2. The van der Waals surface area contributed by atoms with Crippen LogP contribution in [0.25, 0.3) is 32.6 Å². The minimum absolute atomic E-state index is 0.0281. The van der Waals surface area contributed by atoms with E-state index in [2.05, 4.69) is 73.8 Å². The van der Waals surface area contributed by atoms with Gasteiger partial charge in [-0.05, 0) is 129 Å². The number of carboxylic acids is 4. The number of aliphatic hydroxyl groups is 1. The normalized spacial score (nSPS) is 21.5. The molecule has 6 aromatic rings. The van der Waals surface area contributed by atoms with E-state index in [-0.39, 0.29) is 134 Å². The molecular weight excluding hydrogens is 1950 g/mol. The summed E-state index contributed by atoms with van der Waals surface area (Å²) in [7, 11) is 1.25. The van der Waals surface area contributed by atoms with Gasteiger partial charge in [0.25, 0.3) is 0 Å². The topological polar surface area (TPSA) is 673 Å². The molecule has 147 heavy (non-hydrogen) atoms. The van der Waals surface area contributed by atoms with Gasteiger partial charge >= 0.3 is 23.9 Å². The molecule has 48 heteroatoms. The highest BCUT2D eigenvalue weighted by atomic mass is 32.2. The van der Waals surface area contributed by atoms with Crippen LogP contribution < -0.4 is 75.3 Å². The molecule has 0 aliphatic carbocycles. The number of thioether (sulfide) groups is 2. The molecule has 4 aliphatic heterocycles. The van der Waals surface area contributed by atoms with E-state index in [4.69, 9.17) is 11.5 Å². The quantitative estimate of drug-likeness (QED) is 0.0182. The van der Waals surface area contributed by atoms with Crippen molar-refractivity contribution in [1.82, 2.24) is 103 Å². The number of hydrogen-bond acceptors (Lipinski definition) is 27. The number of carboxylic acid groups (broad SMARTS) is 4. The van der Waals surface area contributed by atoms with E-state index in [9.17, 15) is 68.7 Å². The van der Waals surface area contributed by atoms with Gasteiger partial charge in [-0.25, -0.2) is 0 Å². The fraction of sp³-hybridized carbons (Fsp3) is 0.545. The van der Waals surface area contributed by atoms with Crippen LogP contribution >= 0.6 is 23.5 Å². The van der Waals surface area contributed by atoms with Crippen molar-refractivity contribution in [3.63, 3.8) is 0 Å². The molecule has 15 amide bonds. The van der Waals surface area contributed by atoms with Crippen LogP contribution in [0, 0.1) is 11.3 Å². The smallest absolute Gasteiger partial charge is 0.317 e. The number of para-hydroxylation sites is 2. The lowest BCUT2D eigenvalue weighted by Gasteiger charge is -2.36. The molecule has 13 atom stereocenters. The number of benzene rings is 4. The van der Waals surface area contributed by atoms with Gasteiger partial charge in [-0.15, -0.1) is 23.5 Å². The van der Waals surface area contributed by atoms with E-state index < -0.39 is 247 Å². The monoisotopic (exact) mass is 2080 g/mol. The van der Waals surface area contributed by atoms with Crippen LogP contribution in [-0.2, 0) is 110 Å². The lowest BCUT2D eigenvalue weighted by Crippen LogP contribution is -2.62. The molecule has 46 nitrogen and oxygen atoms in total. The van der Waals surface area contributed by atoms with E-state index in [1.165, 1.54) is 25.8 Å². The Balaban J connectivity index is 1.01. The molecule has 4 saturated heterocycles. The number of fused-ring (bicyclic) bond motifs is 3. The Bertz CT molecular complexity index is 5640. The Labute approximate surface area is 858 Å². The van der Waals surface area contributed by atoms with E-state index in [0.29, 0.717) is 65.3 Å². The second-order valence-corrected chi connectivity index (χ2v) is 41.4. The second kappa shape index (κ2) is 56.0. The number of hydrogen-bond donors (Lipinski definition) is 21. The number of carbonyl (C=O) groups excluding carboxylic acids is 15. The Hall–Kier alpha value is -13.4. The van der Waals surface area contributed by atoms with Gasteiger partial charge in [-0.3, -0.25) is 111 Å². The number of aliphatic hydroxyl groups excluding tert-OH is 1. The first-order chi connectivity index (χ1) is 69.9. The van der Waals surface area contributed by atoms with Crippen LogP contribution in [0.2, 0.25) is 0 Å². The van der Waals surface area contributed by atoms with Crippen LogP contribution in [0.15, 0.2) is 103 Å². The third-order valence-electron chi connectivity index (χ3n) is 26.2. The number of piperidine rings is 1. The van der Waals surface area contributed by atoms with Crippen LogP contribution in [0.4, 0.5) is 0 Å². The van der Waals surface area contributed by atoms with Gasteiger partial charge in [-0.1, -0.05) is 99.6 Å². The SMILES string of the molecule is CC(=O)NC(Cc1c[nH]c2ccccc12)C(=O)NC(C(=O)N(C)C(CC(C)(C)C)C(=O)NC1CSCSCC(C(=O)NC(Cc2c[nH]c3ccccc23)C(=O)N2CCCC2C(N)=O)NC(=O)C(CC(=O)O)NC(=O)C(CCCCNC(=O)CN2CCN(CC(=O)O)CCN(CC(=O)O)CCN(CC(=O)O)CC2)NC(=O)C(Cc2ccc3ccccc3c2)NC(=O)C(CC(N)=O)NC(=O)C(CC2CCNCC2)NC1=O)C(C)O. The molecule has 4 aliphatic rings. The Morgan fingerprint density at radius 1 is 0.544 bits per heavy atom. The van der Waals surface area contributed by atoms with Crippen molar-refractivity contribution in [3.8, 4) is 0 Å². The predicted molar refractivity (Wildman–Crippen MR) is 544 cm³/mol. The number of likely N-dealkylation sites (tertiary alicyclic amines) is 1. The van der Waals surface area contributed by atoms with Crippen molar-refractivity contribution in [3.05, 3.63) is 120 Å². The average molecular weight is 2080 g/mol. The summed E-state index contributed by atoms with van der Waals surface area (Å²) in [5, 5.41) is 86.9. The molecule has 2 aromatic heterocycles. The molecule has 4 aromatic carbocycles. The van der Waals surface area contributed by atoms with Crippen LogP contribution in [-0.4, -0.2) is 384 Å². The number of rotatable bonds is 38. The molecule has 0 bridgehead atoms. The molecule has 23 N–H and O–H groups in total. The lowest BCUT2D eigenvalue weighted by atomic mass is 9.87. The third-order valence-corrected chi connectivity index (χ3v) is 28.7. The first-order valence-electron chi connectivity index (χ1n) is 49.2. The number of carbonyl (C=O) groups is 19. The van der Waals surface area contributed by atoms with Gasteiger partial charge < -0.3 is 121 Å². The van der Waals surface area contributed by atoms with Gasteiger partial charge in [0.15, 0.2) is 0 Å². The maximum atomic E-state index is 15.8. The van der Waals surface area contributed by atoms with Crippen LogP contribution in [0.1, 0.15) is 122 Å². The van der Waals surface area contributed by atoms with Crippen molar-refractivity contribution in [2.45, 2.75) is 203 Å². The summed E-state index contributed by atoms with van der Waals surface area (Å²) in [6.07, 6.45) is -0.516. The fourth-order valence-electron chi connectivity index (χ4n) is 18.5. The molecule has 0 spiro atoms. The summed E-state index contributed by atoms with van der Waals surface area (Å²) in [6, 6.07) is 6.35. The number of nitrogens with one attached hydrogen (secondary N) is 14. The van der Waals surface area contributed by atoms with Crippen molar-refractivity contribution in [1.29, 1.82) is 0 Å². The molecule has 4 fully saturated rings. The number of nitrogens with two attached hydrogens (primary N) is 2. The molecule has 800 valence electrons. The largest absolute Gasteiger partial charge is 0.481 e. The highest BCUT2D eigenvalue weighted by molar-refractivity contribution is 8.16. The molecule has 0 radical (unpaired) electrons. The minimum Gasteiger partial charge on any atom is -0.481 e. The number of amides is 15.